The maximum absolute atomic E-state index is 12.5. The molecule has 1 aliphatic rings. The fourth-order valence-electron chi connectivity index (χ4n) is 2.31. The lowest BCUT2D eigenvalue weighted by Crippen LogP contribution is -2.29. The fraction of sp³-hybridized carbons (Fsp3) is 0.727. The molecule has 1 aromatic heterocycles. The molecule has 18 heavy (non-hydrogen) atoms. The zero-order valence-corrected chi connectivity index (χ0v) is 10.4. The summed E-state index contributed by atoms with van der Waals surface area (Å²) in [4.78, 5) is 11.6. The lowest BCUT2D eigenvalue weighted by Gasteiger charge is -2.23. The molecule has 0 spiro atoms. The number of methoxy groups -OCH3 is 1. The van der Waals surface area contributed by atoms with Gasteiger partial charge in [0.25, 0.3) is 0 Å². The number of nitrogens with one attached hydrogen (secondary N) is 1. The number of aryl methyl sites for hydroxylation is 1. The van der Waals surface area contributed by atoms with Gasteiger partial charge in [0.05, 0.1) is 19.3 Å². The number of piperidine rings is 1. The average Bonchev–Trinajstić information content (AvgIpc) is 2.83. The van der Waals surface area contributed by atoms with Gasteiger partial charge in [-0.25, -0.2) is 13.9 Å². The van der Waals surface area contributed by atoms with E-state index >= 15 is 0 Å². The summed E-state index contributed by atoms with van der Waals surface area (Å²) in [7, 11) is 1.31. The van der Waals surface area contributed by atoms with Crippen LogP contribution in [0.5, 0.6) is 0 Å². The van der Waals surface area contributed by atoms with Crippen LogP contribution in [-0.2, 0) is 11.3 Å². The number of carbonyl (C=O) groups is 1. The number of hydrogen-bond acceptors (Lipinski definition) is 5. The van der Waals surface area contributed by atoms with Crippen LogP contribution >= 0.6 is 0 Å². The second-order valence-corrected chi connectivity index (χ2v) is 4.25. The van der Waals surface area contributed by atoms with Gasteiger partial charge in [0, 0.05) is 5.92 Å². The number of alkyl halides is 1. The molecule has 6 nitrogen and oxygen atoms in total. The molecular formula is C11H17FN4O2. The fourth-order valence-corrected chi connectivity index (χ4v) is 2.31. The average molecular weight is 256 g/mol. The molecule has 7 heteroatoms. The Morgan fingerprint density at radius 3 is 2.89 bits per heavy atom. The monoisotopic (exact) mass is 256 g/mol. The van der Waals surface area contributed by atoms with E-state index in [2.05, 4.69) is 15.6 Å². The van der Waals surface area contributed by atoms with Crippen LogP contribution in [0.25, 0.3) is 0 Å². The smallest absolute Gasteiger partial charge is 0.360 e. The number of esters is 1. The number of nitrogens with zero attached hydrogens (tertiary/aromatic N) is 3. The van der Waals surface area contributed by atoms with E-state index in [4.69, 9.17) is 4.74 Å². The Morgan fingerprint density at radius 2 is 2.28 bits per heavy atom. The SMILES string of the molecule is COC(=O)c1nnn(CCF)c1C1CCNCC1. The molecule has 2 heterocycles. The van der Waals surface area contributed by atoms with Crippen molar-refractivity contribution in [1.82, 2.24) is 20.3 Å². The summed E-state index contributed by atoms with van der Waals surface area (Å²) >= 11 is 0. The van der Waals surface area contributed by atoms with E-state index in [1.54, 1.807) is 0 Å². The second kappa shape index (κ2) is 5.90. The van der Waals surface area contributed by atoms with Crippen LogP contribution in [0.2, 0.25) is 0 Å². The summed E-state index contributed by atoms with van der Waals surface area (Å²) < 4.78 is 18.7. The molecular weight excluding hydrogens is 239 g/mol. The standard InChI is InChI=1S/C11H17FN4O2/c1-18-11(17)9-10(8-2-5-13-6-3-8)16(7-4-12)15-14-9/h8,13H,2-7H2,1H3. The zero-order valence-electron chi connectivity index (χ0n) is 10.4. The predicted molar refractivity (Wildman–Crippen MR) is 62.2 cm³/mol. The molecule has 0 radical (unpaired) electrons. The lowest BCUT2D eigenvalue weighted by molar-refractivity contribution is 0.0591. The van der Waals surface area contributed by atoms with Gasteiger partial charge < -0.3 is 10.1 Å². The Hall–Kier alpha value is -1.50. The predicted octanol–water partition coefficient (Wildman–Crippen LogP) is 0.501. The molecule has 2 rings (SSSR count). The van der Waals surface area contributed by atoms with Crippen LogP contribution in [0.1, 0.15) is 34.9 Å². The minimum absolute atomic E-state index is 0.128. The third-order valence-electron chi connectivity index (χ3n) is 3.17. The van der Waals surface area contributed by atoms with Crippen LogP contribution in [-0.4, -0.2) is 47.8 Å². The Labute approximate surface area is 104 Å². The summed E-state index contributed by atoms with van der Waals surface area (Å²) in [6.07, 6.45) is 1.79. The van der Waals surface area contributed by atoms with Crippen molar-refractivity contribution in [2.75, 3.05) is 26.9 Å². The zero-order chi connectivity index (χ0) is 13.0. The Morgan fingerprint density at radius 1 is 1.56 bits per heavy atom. The summed E-state index contributed by atoms with van der Waals surface area (Å²) in [6, 6.07) is 0. The molecule has 1 N–H and O–H groups in total. The van der Waals surface area contributed by atoms with E-state index < -0.39 is 12.6 Å². The molecule has 100 valence electrons. The van der Waals surface area contributed by atoms with Crippen molar-refractivity contribution in [1.29, 1.82) is 0 Å². The molecule has 0 amide bonds. The molecule has 0 unspecified atom stereocenters. The van der Waals surface area contributed by atoms with Gasteiger partial charge in [-0.2, -0.15) is 0 Å². The highest BCUT2D eigenvalue weighted by Gasteiger charge is 2.28. The van der Waals surface area contributed by atoms with Crippen LogP contribution in [0.4, 0.5) is 4.39 Å². The number of aromatic nitrogens is 3. The van der Waals surface area contributed by atoms with Gasteiger partial charge in [-0.15, -0.1) is 5.10 Å². The molecule has 0 aliphatic carbocycles. The Bertz CT molecular complexity index is 415. The molecule has 0 atom stereocenters. The van der Waals surface area contributed by atoms with Gasteiger partial charge in [0.2, 0.25) is 0 Å². The van der Waals surface area contributed by atoms with Crippen molar-refractivity contribution >= 4 is 5.97 Å². The van der Waals surface area contributed by atoms with Crippen LogP contribution in [0.15, 0.2) is 0 Å². The van der Waals surface area contributed by atoms with Crippen LogP contribution < -0.4 is 5.32 Å². The Kier molecular flexibility index (Phi) is 4.24. The van der Waals surface area contributed by atoms with E-state index in [-0.39, 0.29) is 18.2 Å². The van der Waals surface area contributed by atoms with E-state index in [9.17, 15) is 9.18 Å². The van der Waals surface area contributed by atoms with Crippen molar-refractivity contribution in [3.05, 3.63) is 11.4 Å². The molecule has 0 bridgehead atoms. The molecule has 1 aliphatic heterocycles. The van der Waals surface area contributed by atoms with Gasteiger partial charge in [-0.05, 0) is 25.9 Å². The summed E-state index contributed by atoms with van der Waals surface area (Å²) in [5, 5.41) is 10.9. The first-order valence-corrected chi connectivity index (χ1v) is 6.06. The largest absolute Gasteiger partial charge is 0.464 e. The summed E-state index contributed by atoms with van der Waals surface area (Å²) in [5.74, 6) is -0.324. The molecule has 0 saturated carbocycles. The van der Waals surface area contributed by atoms with Crippen LogP contribution in [0, 0.1) is 0 Å². The van der Waals surface area contributed by atoms with E-state index in [0.717, 1.165) is 25.9 Å². The van der Waals surface area contributed by atoms with E-state index in [1.807, 2.05) is 0 Å². The van der Waals surface area contributed by atoms with Crippen molar-refractivity contribution in [2.45, 2.75) is 25.3 Å². The molecule has 1 fully saturated rings. The third kappa shape index (κ3) is 2.50. The first kappa shape index (κ1) is 12.9. The van der Waals surface area contributed by atoms with Crippen molar-refractivity contribution in [3.63, 3.8) is 0 Å². The van der Waals surface area contributed by atoms with E-state index in [0.29, 0.717) is 5.69 Å². The number of rotatable bonds is 4. The number of halogens is 1. The molecule has 1 saturated heterocycles. The topological polar surface area (TPSA) is 69.0 Å². The number of carbonyl (C=O) groups excluding carboxylic acids is 1. The molecule has 0 aromatic carbocycles. The minimum atomic E-state index is -0.526. The third-order valence-corrected chi connectivity index (χ3v) is 3.17. The quantitative estimate of drug-likeness (QED) is 0.794. The van der Waals surface area contributed by atoms with Gasteiger partial charge in [0.1, 0.15) is 6.67 Å². The van der Waals surface area contributed by atoms with E-state index in [1.165, 1.54) is 11.8 Å². The van der Waals surface area contributed by atoms with Crippen molar-refractivity contribution < 1.29 is 13.9 Å². The second-order valence-electron chi connectivity index (χ2n) is 4.25. The van der Waals surface area contributed by atoms with Gasteiger partial charge >= 0.3 is 5.97 Å². The normalized spacial score (nSPS) is 16.8. The van der Waals surface area contributed by atoms with Gasteiger partial charge in [0.15, 0.2) is 5.69 Å². The first-order chi connectivity index (χ1) is 8.77. The highest BCUT2D eigenvalue weighted by atomic mass is 19.1. The number of ether oxygens (including phenoxy) is 1. The minimum Gasteiger partial charge on any atom is -0.464 e. The van der Waals surface area contributed by atoms with Crippen LogP contribution in [0.3, 0.4) is 0 Å². The lowest BCUT2D eigenvalue weighted by atomic mass is 9.93. The maximum atomic E-state index is 12.5. The Balaban J connectivity index is 2.32. The summed E-state index contributed by atoms with van der Waals surface area (Å²) in [6.45, 7) is 1.36. The highest BCUT2D eigenvalue weighted by molar-refractivity contribution is 5.88. The summed E-state index contributed by atoms with van der Waals surface area (Å²) in [5.41, 5.74) is 0.929. The highest BCUT2D eigenvalue weighted by Crippen LogP contribution is 2.27. The first-order valence-electron chi connectivity index (χ1n) is 6.06. The van der Waals surface area contributed by atoms with Gasteiger partial charge in [-0.3, -0.25) is 0 Å². The van der Waals surface area contributed by atoms with Gasteiger partial charge in [-0.1, -0.05) is 5.21 Å². The van der Waals surface area contributed by atoms with Crippen molar-refractivity contribution in [2.24, 2.45) is 0 Å². The maximum Gasteiger partial charge on any atom is 0.360 e. The number of hydrogen-bond donors (Lipinski definition) is 1. The molecule has 1 aromatic rings. The van der Waals surface area contributed by atoms with Crippen molar-refractivity contribution in [3.8, 4) is 0 Å².